The average molecular weight is 880 g/mol. The summed E-state index contributed by atoms with van der Waals surface area (Å²) in [5, 5.41) is 13.7. The molecule has 0 amide bonds. The number of fused-ring (bicyclic) bond motifs is 13. The lowest BCUT2D eigenvalue weighted by Gasteiger charge is -2.12. The summed E-state index contributed by atoms with van der Waals surface area (Å²) in [6.45, 7) is 0. The van der Waals surface area contributed by atoms with Gasteiger partial charge in [-0.1, -0.05) is 140 Å². The van der Waals surface area contributed by atoms with E-state index in [0.29, 0.717) is 17.5 Å². The van der Waals surface area contributed by atoms with Gasteiger partial charge in [0.15, 0.2) is 17.5 Å². The maximum absolute atomic E-state index is 6.77. The van der Waals surface area contributed by atoms with Crippen LogP contribution < -0.4 is 0 Å². The zero-order chi connectivity index (χ0) is 45.2. The van der Waals surface area contributed by atoms with Crippen LogP contribution in [0.15, 0.2) is 229 Å². The molecule has 0 saturated carbocycles. The number of rotatable bonds is 5. The van der Waals surface area contributed by atoms with Crippen LogP contribution in [-0.4, -0.2) is 24.1 Å². The van der Waals surface area contributed by atoms with Crippen LogP contribution in [0.4, 0.5) is 0 Å². The van der Waals surface area contributed by atoms with E-state index in [9.17, 15) is 0 Å². The highest BCUT2D eigenvalue weighted by atomic mass is 16.3. The molecule has 4 aromatic heterocycles. The van der Waals surface area contributed by atoms with Gasteiger partial charge in [0.05, 0.1) is 22.1 Å². The van der Waals surface area contributed by atoms with Gasteiger partial charge in [-0.15, -0.1) is 0 Å². The number of para-hydroxylation sites is 3. The van der Waals surface area contributed by atoms with Gasteiger partial charge >= 0.3 is 0 Å². The van der Waals surface area contributed by atoms with E-state index >= 15 is 0 Å². The molecule has 0 bridgehead atoms. The highest BCUT2D eigenvalue weighted by Gasteiger charge is 2.22. The minimum atomic E-state index is 0.575. The average Bonchev–Trinajstić information content (AvgIpc) is 4.07. The molecule has 320 valence electrons. The number of benzene rings is 11. The minimum Gasteiger partial charge on any atom is -0.456 e. The van der Waals surface area contributed by atoms with Crippen molar-refractivity contribution in [1.29, 1.82) is 0 Å². The summed E-state index contributed by atoms with van der Waals surface area (Å²) in [6.07, 6.45) is 0. The maximum Gasteiger partial charge on any atom is 0.164 e. The van der Waals surface area contributed by atoms with Gasteiger partial charge in [0, 0.05) is 60.4 Å². The molecule has 11 aromatic carbocycles. The number of furan rings is 1. The van der Waals surface area contributed by atoms with Crippen LogP contribution in [0, 0.1) is 0 Å². The summed E-state index contributed by atoms with van der Waals surface area (Å²) in [5.41, 5.74) is 11.0. The van der Waals surface area contributed by atoms with E-state index in [4.69, 9.17) is 19.4 Å². The molecule has 15 aromatic rings. The van der Waals surface area contributed by atoms with Crippen LogP contribution in [0.1, 0.15) is 0 Å². The van der Waals surface area contributed by atoms with Crippen molar-refractivity contribution in [3.05, 3.63) is 224 Å². The van der Waals surface area contributed by atoms with Crippen molar-refractivity contribution in [3.8, 4) is 45.5 Å². The standard InChI is InChI=1S/C63H37N5O/c1-2-17-45(18-3-1)67-53-22-10-8-19-47(53)51-35-44(28-31-55(51)67)62-64-61(43-26-25-38-13-4-5-14-40(38)33-43)65-63(66-62)49-21-12-24-57-59(49)60-50-37-46(30-27-39(50)29-32-58(60)69-57)68-54-23-11-9-20-48(54)52-34-41-15-6-7-16-42(41)36-56(52)68/h1-37H. The molecule has 69 heavy (non-hydrogen) atoms. The van der Waals surface area contributed by atoms with Gasteiger partial charge in [-0.25, -0.2) is 15.0 Å². The van der Waals surface area contributed by atoms with Gasteiger partial charge in [-0.2, -0.15) is 0 Å². The first-order valence-corrected chi connectivity index (χ1v) is 23.3. The first kappa shape index (κ1) is 37.8. The van der Waals surface area contributed by atoms with Crippen LogP contribution in [0.3, 0.4) is 0 Å². The van der Waals surface area contributed by atoms with Crippen molar-refractivity contribution in [2.24, 2.45) is 0 Å². The lowest BCUT2D eigenvalue weighted by atomic mass is 9.99. The molecule has 15 rings (SSSR count). The predicted molar refractivity (Wildman–Crippen MR) is 285 cm³/mol. The molecule has 6 nitrogen and oxygen atoms in total. The van der Waals surface area contributed by atoms with E-state index in [0.717, 1.165) is 98.9 Å². The van der Waals surface area contributed by atoms with E-state index in [1.54, 1.807) is 0 Å². The smallest absolute Gasteiger partial charge is 0.164 e. The maximum atomic E-state index is 6.77. The molecule has 6 heteroatoms. The van der Waals surface area contributed by atoms with E-state index in [-0.39, 0.29) is 0 Å². The number of aromatic nitrogens is 5. The Morgan fingerprint density at radius 2 is 0.855 bits per heavy atom. The Morgan fingerprint density at radius 1 is 0.290 bits per heavy atom. The Kier molecular flexibility index (Phi) is 7.97. The zero-order valence-corrected chi connectivity index (χ0v) is 37.0. The first-order chi connectivity index (χ1) is 34.2. The molecule has 4 heterocycles. The number of hydrogen-bond donors (Lipinski definition) is 0. The van der Waals surface area contributed by atoms with Crippen molar-refractivity contribution >= 4 is 97.9 Å². The third-order valence-corrected chi connectivity index (χ3v) is 14.1. The zero-order valence-electron chi connectivity index (χ0n) is 37.0. The lowest BCUT2D eigenvalue weighted by Crippen LogP contribution is -2.00. The Morgan fingerprint density at radius 3 is 1.64 bits per heavy atom. The van der Waals surface area contributed by atoms with E-state index in [2.05, 4.69) is 228 Å². The lowest BCUT2D eigenvalue weighted by molar-refractivity contribution is 0.669. The molecule has 0 aliphatic rings. The summed E-state index contributed by atoms with van der Waals surface area (Å²) in [5.74, 6) is 1.77. The molecule has 0 fully saturated rings. The highest BCUT2D eigenvalue weighted by Crippen LogP contribution is 2.43. The molecule has 0 N–H and O–H groups in total. The van der Waals surface area contributed by atoms with Gasteiger partial charge in [0.2, 0.25) is 0 Å². The Hall–Kier alpha value is -9.39. The summed E-state index contributed by atoms with van der Waals surface area (Å²) in [4.78, 5) is 16.1. The van der Waals surface area contributed by atoms with Gasteiger partial charge in [0.25, 0.3) is 0 Å². The van der Waals surface area contributed by atoms with Gasteiger partial charge < -0.3 is 13.6 Å². The number of nitrogens with zero attached hydrogens (tertiary/aromatic N) is 5. The van der Waals surface area contributed by atoms with Crippen molar-refractivity contribution in [1.82, 2.24) is 24.1 Å². The second-order valence-corrected chi connectivity index (χ2v) is 18.0. The van der Waals surface area contributed by atoms with Crippen molar-refractivity contribution < 1.29 is 4.42 Å². The van der Waals surface area contributed by atoms with Gasteiger partial charge in [0.1, 0.15) is 11.2 Å². The quantitative estimate of drug-likeness (QED) is 0.173. The van der Waals surface area contributed by atoms with Gasteiger partial charge in [-0.05, 0) is 117 Å². The summed E-state index contributed by atoms with van der Waals surface area (Å²) >= 11 is 0. The van der Waals surface area contributed by atoms with Crippen molar-refractivity contribution in [2.75, 3.05) is 0 Å². The predicted octanol–water partition coefficient (Wildman–Crippen LogP) is 16.4. The molecular formula is C63H37N5O. The van der Waals surface area contributed by atoms with Crippen molar-refractivity contribution in [2.45, 2.75) is 0 Å². The Bertz CT molecular complexity index is 4620. The normalized spacial score (nSPS) is 12.1. The third kappa shape index (κ3) is 5.76. The monoisotopic (exact) mass is 879 g/mol. The van der Waals surface area contributed by atoms with Crippen LogP contribution in [0.2, 0.25) is 0 Å². The fourth-order valence-corrected chi connectivity index (χ4v) is 10.9. The molecule has 0 saturated heterocycles. The molecule has 0 atom stereocenters. The molecule has 0 aliphatic heterocycles. The molecule has 0 radical (unpaired) electrons. The number of hydrogen-bond acceptors (Lipinski definition) is 4. The minimum absolute atomic E-state index is 0.575. The first-order valence-electron chi connectivity index (χ1n) is 23.3. The van der Waals surface area contributed by atoms with Crippen LogP contribution in [-0.2, 0) is 0 Å². The van der Waals surface area contributed by atoms with Gasteiger partial charge in [-0.3, -0.25) is 0 Å². The van der Waals surface area contributed by atoms with E-state index < -0.39 is 0 Å². The molecule has 0 unspecified atom stereocenters. The van der Waals surface area contributed by atoms with Crippen LogP contribution >= 0.6 is 0 Å². The SMILES string of the molecule is c1ccc(-n2c3ccccc3c3cc(-c4nc(-c5ccc6ccccc6c5)nc(-c5cccc6oc7ccc8ccc(-n9c%10ccccc%10c%10cc%11ccccc%11cc%109)cc8c7c56)n4)ccc32)cc1. The topological polar surface area (TPSA) is 61.7 Å². The highest BCUT2D eigenvalue weighted by molar-refractivity contribution is 6.23. The second-order valence-electron chi connectivity index (χ2n) is 18.0. The van der Waals surface area contributed by atoms with Crippen LogP contribution in [0.5, 0.6) is 0 Å². The van der Waals surface area contributed by atoms with Crippen LogP contribution in [0.25, 0.3) is 143 Å². The van der Waals surface area contributed by atoms with E-state index in [1.165, 1.54) is 27.1 Å². The molecular weight excluding hydrogens is 843 g/mol. The summed E-state index contributed by atoms with van der Waals surface area (Å²) in [6, 6.07) is 79.8. The fourth-order valence-electron chi connectivity index (χ4n) is 10.9. The Labute approximate surface area is 394 Å². The van der Waals surface area contributed by atoms with E-state index in [1.807, 2.05) is 6.07 Å². The molecule has 0 spiro atoms. The fraction of sp³-hybridized carbons (Fsp3) is 0. The third-order valence-electron chi connectivity index (χ3n) is 14.1. The summed E-state index contributed by atoms with van der Waals surface area (Å²) < 4.78 is 11.5. The second kappa shape index (κ2) is 14.6. The Balaban J connectivity index is 0.973. The summed E-state index contributed by atoms with van der Waals surface area (Å²) in [7, 11) is 0. The largest absolute Gasteiger partial charge is 0.456 e. The molecule has 0 aliphatic carbocycles. The van der Waals surface area contributed by atoms with Crippen molar-refractivity contribution in [3.63, 3.8) is 0 Å².